The molecular weight excluding hydrogens is 336 g/mol. The average molecular weight is 350 g/mol. The zero-order chi connectivity index (χ0) is 17.2. The van der Waals surface area contributed by atoms with E-state index in [2.05, 4.69) is 35.2 Å². The number of anilines is 2. The second kappa shape index (κ2) is 6.44. The van der Waals surface area contributed by atoms with E-state index in [1.807, 2.05) is 36.9 Å². The fourth-order valence-electron chi connectivity index (χ4n) is 2.19. The number of imidazole rings is 1. The number of fused-ring (bicyclic) bond motifs is 1. The Kier molecular flexibility index (Phi) is 3.98. The van der Waals surface area contributed by atoms with Gasteiger partial charge in [-0.3, -0.25) is 4.98 Å². The maximum Gasteiger partial charge on any atom is 0.174 e. The van der Waals surface area contributed by atoms with Crippen LogP contribution >= 0.6 is 11.8 Å². The first-order chi connectivity index (χ1) is 12.2. The molecule has 4 rings (SSSR count). The molecule has 4 aromatic rings. The molecule has 9 heteroatoms. The Hall–Kier alpha value is -3.07. The maximum absolute atomic E-state index is 4.68. The van der Waals surface area contributed by atoms with Gasteiger partial charge in [0, 0.05) is 19.4 Å². The third kappa shape index (κ3) is 3.26. The molecule has 8 nitrogen and oxygen atoms in total. The summed E-state index contributed by atoms with van der Waals surface area (Å²) < 4.78 is 1.94. The number of pyridine rings is 1. The third-order valence-corrected chi connectivity index (χ3v) is 4.47. The Balaban J connectivity index is 1.70. The lowest BCUT2D eigenvalue weighted by Crippen LogP contribution is -2.00. The number of aryl methyl sites for hydroxylation is 2. The van der Waals surface area contributed by atoms with E-state index in [1.54, 1.807) is 18.6 Å². The first-order valence-corrected chi connectivity index (χ1v) is 8.33. The van der Waals surface area contributed by atoms with Crippen molar-refractivity contribution in [3.05, 3.63) is 48.9 Å². The van der Waals surface area contributed by atoms with Crippen LogP contribution in [-0.2, 0) is 7.05 Å². The van der Waals surface area contributed by atoms with Gasteiger partial charge >= 0.3 is 0 Å². The molecule has 0 radical (unpaired) electrons. The summed E-state index contributed by atoms with van der Waals surface area (Å²) in [6.45, 7) is 1.89. The van der Waals surface area contributed by atoms with Gasteiger partial charge in [0.2, 0.25) is 0 Å². The van der Waals surface area contributed by atoms with Gasteiger partial charge < -0.3 is 9.88 Å². The molecule has 0 aromatic carbocycles. The van der Waals surface area contributed by atoms with Crippen LogP contribution in [0.5, 0.6) is 0 Å². The van der Waals surface area contributed by atoms with Crippen LogP contribution in [0.1, 0.15) is 5.69 Å². The van der Waals surface area contributed by atoms with Gasteiger partial charge in [0.1, 0.15) is 22.7 Å². The second-order valence-corrected chi connectivity index (χ2v) is 6.32. The smallest absolute Gasteiger partial charge is 0.174 e. The highest BCUT2D eigenvalue weighted by molar-refractivity contribution is 7.99. The minimum Gasteiger partial charge on any atom is -0.329 e. The molecule has 4 aromatic heterocycles. The van der Waals surface area contributed by atoms with Crippen molar-refractivity contribution in [3.8, 4) is 0 Å². The van der Waals surface area contributed by atoms with Crippen LogP contribution in [0.2, 0.25) is 0 Å². The minimum atomic E-state index is 0.588. The summed E-state index contributed by atoms with van der Waals surface area (Å²) in [4.78, 5) is 26.1. The van der Waals surface area contributed by atoms with Crippen molar-refractivity contribution in [2.75, 3.05) is 5.32 Å². The van der Waals surface area contributed by atoms with Gasteiger partial charge in [0.15, 0.2) is 11.0 Å². The molecule has 0 bridgehead atoms. The predicted octanol–water partition coefficient (Wildman–Crippen LogP) is 2.75. The van der Waals surface area contributed by atoms with Gasteiger partial charge in [0.25, 0.3) is 0 Å². The van der Waals surface area contributed by atoms with E-state index in [9.17, 15) is 0 Å². The predicted molar refractivity (Wildman–Crippen MR) is 94.7 cm³/mol. The van der Waals surface area contributed by atoms with Crippen LogP contribution in [0.25, 0.3) is 11.0 Å². The highest BCUT2D eigenvalue weighted by Gasteiger charge is 2.10. The summed E-state index contributed by atoms with van der Waals surface area (Å²) in [5.41, 5.74) is 2.27. The van der Waals surface area contributed by atoms with Crippen molar-refractivity contribution in [3.63, 3.8) is 0 Å². The van der Waals surface area contributed by atoms with Gasteiger partial charge in [-0.15, -0.1) is 0 Å². The summed E-state index contributed by atoms with van der Waals surface area (Å²) in [5, 5.41) is 4.83. The van der Waals surface area contributed by atoms with Crippen LogP contribution in [0.4, 0.5) is 11.6 Å². The average Bonchev–Trinajstić information content (AvgIpc) is 3.02. The first kappa shape index (κ1) is 15.5. The van der Waals surface area contributed by atoms with Crippen LogP contribution in [0, 0.1) is 6.92 Å². The monoisotopic (exact) mass is 350 g/mol. The van der Waals surface area contributed by atoms with Crippen molar-refractivity contribution in [1.29, 1.82) is 0 Å². The van der Waals surface area contributed by atoms with E-state index < -0.39 is 0 Å². The SMILES string of the molecule is Cc1cnc(Nc2ncnc3ccc(Sc4nccn4C)nc23)cn1. The molecule has 0 spiro atoms. The van der Waals surface area contributed by atoms with E-state index >= 15 is 0 Å². The van der Waals surface area contributed by atoms with E-state index in [0.717, 1.165) is 21.4 Å². The maximum atomic E-state index is 4.68. The summed E-state index contributed by atoms with van der Waals surface area (Å²) in [5.74, 6) is 1.19. The van der Waals surface area contributed by atoms with Crippen molar-refractivity contribution in [2.24, 2.45) is 7.05 Å². The van der Waals surface area contributed by atoms with E-state index in [4.69, 9.17) is 0 Å². The summed E-state index contributed by atoms with van der Waals surface area (Å²) >= 11 is 1.48. The first-order valence-electron chi connectivity index (χ1n) is 7.51. The molecule has 0 unspecified atom stereocenters. The number of hydrogen-bond donors (Lipinski definition) is 1. The van der Waals surface area contributed by atoms with Gasteiger partial charge in [0.05, 0.1) is 23.6 Å². The number of aromatic nitrogens is 7. The van der Waals surface area contributed by atoms with Crippen LogP contribution < -0.4 is 5.32 Å². The highest BCUT2D eigenvalue weighted by atomic mass is 32.2. The molecule has 0 fully saturated rings. The van der Waals surface area contributed by atoms with E-state index in [1.165, 1.54) is 18.1 Å². The van der Waals surface area contributed by atoms with Gasteiger partial charge in [-0.1, -0.05) is 0 Å². The van der Waals surface area contributed by atoms with Crippen molar-refractivity contribution in [1.82, 2.24) is 34.5 Å². The lowest BCUT2D eigenvalue weighted by Gasteiger charge is -2.08. The van der Waals surface area contributed by atoms with Crippen molar-refractivity contribution in [2.45, 2.75) is 17.1 Å². The molecule has 1 N–H and O–H groups in total. The molecule has 25 heavy (non-hydrogen) atoms. The Morgan fingerprint density at radius 2 is 1.96 bits per heavy atom. The zero-order valence-electron chi connectivity index (χ0n) is 13.6. The van der Waals surface area contributed by atoms with Crippen LogP contribution in [0.3, 0.4) is 0 Å². The minimum absolute atomic E-state index is 0.588. The summed E-state index contributed by atoms with van der Waals surface area (Å²) in [7, 11) is 1.95. The van der Waals surface area contributed by atoms with E-state index in [-0.39, 0.29) is 0 Å². The summed E-state index contributed by atoms with van der Waals surface area (Å²) in [6.07, 6.45) is 8.52. The van der Waals surface area contributed by atoms with Crippen LogP contribution in [0.15, 0.2) is 53.4 Å². The molecular formula is C16H14N8S. The Bertz CT molecular complexity index is 1030. The molecule has 0 aliphatic rings. The molecule has 4 heterocycles. The Morgan fingerprint density at radius 3 is 2.72 bits per heavy atom. The van der Waals surface area contributed by atoms with Crippen molar-refractivity contribution < 1.29 is 0 Å². The highest BCUT2D eigenvalue weighted by Crippen LogP contribution is 2.27. The fraction of sp³-hybridized carbons (Fsp3) is 0.125. The lowest BCUT2D eigenvalue weighted by molar-refractivity contribution is 0.789. The summed E-state index contributed by atoms with van der Waals surface area (Å²) in [6, 6.07) is 3.84. The molecule has 124 valence electrons. The normalized spacial score (nSPS) is 11.0. The second-order valence-electron chi connectivity index (χ2n) is 5.33. The molecule has 0 amide bonds. The number of rotatable bonds is 4. The molecule has 0 aliphatic carbocycles. The fourth-order valence-corrected chi connectivity index (χ4v) is 2.97. The lowest BCUT2D eigenvalue weighted by atomic mass is 10.3. The number of nitrogens with one attached hydrogen (secondary N) is 1. The number of nitrogens with zero attached hydrogens (tertiary/aromatic N) is 7. The van der Waals surface area contributed by atoms with Gasteiger partial charge in [-0.2, -0.15) is 0 Å². The Morgan fingerprint density at radius 1 is 1.04 bits per heavy atom. The molecule has 0 atom stereocenters. The molecule has 0 saturated heterocycles. The van der Waals surface area contributed by atoms with E-state index in [0.29, 0.717) is 17.2 Å². The standard InChI is InChI=1S/C16H14N8S/c1-10-7-19-12(8-18-10)22-15-14-11(20-9-21-15)3-4-13(23-14)25-16-17-5-6-24(16)2/h3-9H,1-2H3,(H,19,20,21,22). The van der Waals surface area contributed by atoms with Crippen molar-refractivity contribution >= 4 is 34.4 Å². The Labute approximate surface area is 147 Å². The van der Waals surface area contributed by atoms with Crippen LogP contribution in [-0.4, -0.2) is 34.5 Å². The quantitative estimate of drug-likeness (QED) is 0.600. The number of hydrogen-bond acceptors (Lipinski definition) is 8. The molecule has 0 aliphatic heterocycles. The third-order valence-electron chi connectivity index (χ3n) is 3.46. The molecule has 0 saturated carbocycles. The topological polar surface area (TPSA) is 94.3 Å². The van der Waals surface area contributed by atoms with Gasteiger partial charge in [-0.05, 0) is 30.8 Å². The largest absolute Gasteiger partial charge is 0.329 e. The zero-order valence-corrected chi connectivity index (χ0v) is 14.4. The van der Waals surface area contributed by atoms with Gasteiger partial charge in [-0.25, -0.2) is 24.9 Å².